The number of hydrazine groups is 3. The zero-order valence-electron chi connectivity index (χ0n) is 14.9. The molecule has 140 valence electrons. The average Bonchev–Trinajstić information content (AvgIpc) is 2.98. The molecule has 0 radical (unpaired) electrons. The maximum atomic E-state index is 5.98. The molecule has 0 amide bonds. The van der Waals surface area contributed by atoms with Crippen molar-refractivity contribution >= 4 is 33.9 Å². The van der Waals surface area contributed by atoms with Gasteiger partial charge in [-0.25, -0.2) is 11.4 Å². The molecule has 1 aliphatic heterocycles. The molecule has 10 nitrogen and oxygen atoms in total. The molecule has 1 heterocycles. The molecule has 0 bridgehead atoms. The van der Waals surface area contributed by atoms with Crippen molar-refractivity contribution in [2.45, 2.75) is 0 Å². The van der Waals surface area contributed by atoms with E-state index in [1.165, 1.54) is 0 Å². The molecular formula is C12H30N10S2. The van der Waals surface area contributed by atoms with Gasteiger partial charge in [-0.2, -0.15) is 5.10 Å². The van der Waals surface area contributed by atoms with Crippen molar-refractivity contribution in [2.24, 2.45) is 21.9 Å². The number of hydrazone groups is 2. The molecule has 0 fully saturated rings. The standard InChI is InChI=1S/C12H30N10S2/c1-19(2)5-7-21(14)11(15-13)23-9-10-24-12-16-17-18-22(12)8-6-20(3)4/h17-18H,5-10,13-14H2,1-4H3/b15-11+. The van der Waals surface area contributed by atoms with E-state index in [-0.39, 0.29) is 0 Å². The maximum absolute atomic E-state index is 5.98. The smallest absolute Gasteiger partial charge is 0.200 e. The zero-order chi connectivity index (χ0) is 17.9. The molecule has 12 heteroatoms. The quantitative estimate of drug-likeness (QED) is 0.125. The SMILES string of the molecule is CN(C)CCN1NNN=C1SCCS/C(=N/N)N(N)CCN(C)C. The topological polar surface area (TPSA) is 114 Å². The van der Waals surface area contributed by atoms with Crippen molar-refractivity contribution in [1.82, 2.24) is 30.9 Å². The Hall–Kier alpha value is -0.920. The number of hydrogen-bond donors (Lipinski definition) is 4. The minimum atomic E-state index is 0.645. The van der Waals surface area contributed by atoms with Crippen LogP contribution in [-0.4, -0.2) is 96.0 Å². The highest BCUT2D eigenvalue weighted by atomic mass is 32.2. The lowest BCUT2D eigenvalue weighted by Crippen LogP contribution is -2.43. The summed E-state index contributed by atoms with van der Waals surface area (Å²) >= 11 is 3.22. The lowest BCUT2D eigenvalue weighted by atomic mass is 10.6. The van der Waals surface area contributed by atoms with Crippen LogP contribution in [0.4, 0.5) is 0 Å². The summed E-state index contributed by atoms with van der Waals surface area (Å²) in [5.41, 5.74) is 5.81. The Morgan fingerprint density at radius 2 is 1.88 bits per heavy atom. The van der Waals surface area contributed by atoms with Gasteiger partial charge in [0, 0.05) is 31.1 Å². The largest absolute Gasteiger partial charge is 0.321 e. The summed E-state index contributed by atoms with van der Waals surface area (Å²) in [6.45, 7) is 3.33. The lowest BCUT2D eigenvalue weighted by Gasteiger charge is -2.22. The lowest BCUT2D eigenvalue weighted by molar-refractivity contribution is 0.262. The summed E-state index contributed by atoms with van der Waals surface area (Å²) in [4.78, 5) is 4.20. The molecule has 1 rings (SSSR count). The highest BCUT2D eigenvalue weighted by Crippen LogP contribution is 2.14. The van der Waals surface area contributed by atoms with E-state index in [1.54, 1.807) is 28.5 Å². The van der Waals surface area contributed by atoms with E-state index >= 15 is 0 Å². The van der Waals surface area contributed by atoms with Crippen molar-refractivity contribution < 1.29 is 0 Å². The third-order valence-electron chi connectivity index (χ3n) is 3.03. The van der Waals surface area contributed by atoms with Gasteiger partial charge in [-0.3, -0.25) is 10.0 Å². The van der Waals surface area contributed by atoms with Crippen molar-refractivity contribution in [3.8, 4) is 0 Å². The van der Waals surface area contributed by atoms with E-state index in [4.69, 9.17) is 11.7 Å². The minimum absolute atomic E-state index is 0.645. The molecule has 0 aromatic heterocycles. The first-order valence-electron chi connectivity index (χ1n) is 7.65. The van der Waals surface area contributed by atoms with Crippen molar-refractivity contribution in [2.75, 3.05) is 65.9 Å². The average molecular weight is 379 g/mol. The second kappa shape index (κ2) is 11.6. The molecule has 0 saturated carbocycles. The van der Waals surface area contributed by atoms with Gasteiger partial charge in [0.25, 0.3) is 0 Å². The fourth-order valence-corrected chi connectivity index (χ4v) is 3.43. The van der Waals surface area contributed by atoms with Crippen molar-refractivity contribution in [3.05, 3.63) is 0 Å². The van der Waals surface area contributed by atoms with Crippen LogP contribution in [-0.2, 0) is 0 Å². The summed E-state index contributed by atoms with van der Waals surface area (Å²) in [7, 11) is 8.10. The fourth-order valence-electron chi connectivity index (χ4n) is 1.67. The van der Waals surface area contributed by atoms with Gasteiger partial charge in [0.1, 0.15) is 0 Å². The summed E-state index contributed by atoms with van der Waals surface area (Å²) < 4.78 is 0. The zero-order valence-corrected chi connectivity index (χ0v) is 16.5. The minimum Gasteiger partial charge on any atom is -0.321 e. The number of thioether (sulfide) groups is 2. The van der Waals surface area contributed by atoms with Gasteiger partial charge in [-0.05, 0) is 28.2 Å². The first-order valence-corrected chi connectivity index (χ1v) is 9.62. The molecular weight excluding hydrogens is 348 g/mol. The van der Waals surface area contributed by atoms with Crippen LogP contribution >= 0.6 is 23.5 Å². The molecule has 1 aliphatic rings. The number of hydrogen-bond acceptors (Lipinski definition) is 11. The van der Waals surface area contributed by atoms with E-state index in [2.05, 4.69) is 31.1 Å². The fraction of sp³-hybridized carbons (Fsp3) is 0.833. The van der Waals surface area contributed by atoms with Crippen LogP contribution in [0.2, 0.25) is 0 Å². The third kappa shape index (κ3) is 8.26. The second-order valence-corrected chi connectivity index (χ2v) is 7.80. The number of nitrogens with zero attached hydrogens (tertiary/aromatic N) is 6. The monoisotopic (exact) mass is 378 g/mol. The van der Waals surface area contributed by atoms with Gasteiger partial charge < -0.3 is 15.6 Å². The van der Waals surface area contributed by atoms with Gasteiger partial charge >= 0.3 is 0 Å². The molecule has 0 saturated heterocycles. The first kappa shape index (κ1) is 21.1. The Balaban J connectivity index is 2.26. The van der Waals surface area contributed by atoms with Crippen LogP contribution in [0.3, 0.4) is 0 Å². The Morgan fingerprint density at radius 3 is 2.50 bits per heavy atom. The van der Waals surface area contributed by atoms with Crippen molar-refractivity contribution in [3.63, 3.8) is 0 Å². The predicted molar refractivity (Wildman–Crippen MR) is 105 cm³/mol. The van der Waals surface area contributed by atoms with Gasteiger partial charge in [-0.1, -0.05) is 23.5 Å². The Morgan fingerprint density at radius 1 is 1.17 bits per heavy atom. The molecule has 0 aromatic carbocycles. The van der Waals surface area contributed by atoms with E-state index in [9.17, 15) is 0 Å². The third-order valence-corrected chi connectivity index (χ3v) is 5.27. The molecule has 0 spiro atoms. The number of amidine groups is 2. The van der Waals surface area contributed by atoms with E-state index in [1.807, 2.05) is 33.2 Å². The number of nitrogens with two attached hydrogens (primary N) is 2. The molecule has 6 N–H and O–H groups in total. The highest BCUT2D eigenvalue weighted by Gasteiger charge is 2.17. The summed E-state index contributed by atoms with van der Waals surface area (Å²) in [6, 6.07) is 0. The normalized spacial score (nSPS) is 15.2. The van der Waals surface area contributed by atoms with Gasteiger partial charge in [0.05, 0.1) is 6.54 Å². The van der Waals surface area contributed by atoms with E-state index < -0.39 is 0 Å². The van der Waals surface area contributed by atoms with Gasteiger partial charge in [0.15, 0.2) is 10.3 Å². The summed E-state index contributed by atoms with van der Waals surface area (Å²) in [5.74, 6) is 13.2. The van der Waals surface area contributed by atoms with Crippen LogP contribution in [0.5, 0.6) is 0 Å². The number of likely N-dealkylation sites (N-methyl/N-ethyl adjacent to an activating group) is 2. The van der Waals surface area contributed by atoms with Crippen LogP contribution in [0, 0.1) is 0 Å². The summed E-state index contributed by atoms with van der Waals surface area (Å²) in [5, 5.41) is 13.2. The van der Waals surface area contributed by atoms with Crippen molar-refractivity contribution in [1.29, 1.82) is 0 Å². The van der Waals surface area contributed by atoms with Crippen LogP contribution in [0.1, 0.15) is 0 Å². The van der Waals surface area contributed by atoms with Gasteiger partial charge in [-0.15, -0.1) is 10.6 Å². The first-order chi connectivity index (χ1) is 11.4. The molecule has 24 heavy (non-hydrogen) atoms. The van der Waals surface area contributed by atoms with Gasteiger partial charge in [0.2, 0.25) is 0 Å². The Kier molecular flexibility index (Phi) is 10.2. The number of rotatable bonds is 9. The molecule has 0 aliphatic carbocycles. The van der Waals surface area contributed by atoms with Crippen LogP contribution in [0.25, 0.3) is 0 Å². The Bertz CT molecular complexity index is 411. The predicted octanol–water partition coefficient (Wildman–Crippen LogP) is -1.42. The van der Waals surface area contributed by atoms with Crippen LogP contribution < -0.4 is 22.8 Å². The van der Waals surface area contributed by atoms with E-state index in [0.29, 0.717) is 11.7 Å². The maximum Gasteiger partial charge on any atom is 0.200 e. The molecule has 0 unspecified atom stereocenters. The molecule has 0 atom stereocenters. The highest BCUT2D eigenvalue weighted by molar-refractivity contribution is 8.17. The van der Waals surface area contributed by atoms with E-state index in [0.717, 1.165) is 36.3 Å². The Labute approximate surface area is 152 Å². The summed E-state index contributed by atoms with van der Waals surface area (Å²) in [6.07, 6.45) is 0. The second-order valence-electron chi connectivity index (χ2n) is 5.68. The van der Waals surface area contributed by atoms with Crippen LogP contribution in [0.15, 0.2) is 10.2 Å². The number of nitrogens with one attached hydrogen (secondary N) is 2. The molecule has 0 aromatic rings.